The molecule has 1 aliphatic rings. The number of rotatable bonds is 1. The first-order valence-corrected chi connectivity index (χ1v) is 5.09. The van der Waals surface area contributed by atoms with Gasteiger partial charge >= 0.3 is 6.18 Å². The minimum Gasteiger partial charge on any atom is -0.310 e. The average Bonchev–Trinajstić information content (AvgIpc) is 2.69. The Morgan fingerprint density at radius 2 is 2.00 bits per heavy atom. The summed E-state index contributed by atoms with van der Waals surface area (Å²) < 4.78 is 51.0. The Balaban J connectivity index is 2.40. The van der Waals surface area contributed by atoms with E-state index in [-0.39, 0.29) is 11.6 Å². The minimum atomic E-state index is -4.63. The lowest BCUT2D eigenvalue weighted by Crippen LogP contribution is -2.17. The summed E-state index contributed by atoms with van der Waals surface area (Å²) in [5.41, 5.74) is -1.06. The summed E-state index contributed by atoms with van der Waals surface area (Å²) >= 11 is 0. The van der Waals surface area contributed by atoms with Crippen molar-refractivity contribution >= 4 is 0 Å². The van der Waals surface area contributed by atoms with E-state index in [0.717, 1.165) is 19.0 Å². The van der Waals surface area contributed by atoms with E-state index in [9.17, 15) is 17.6 Å². The van der Waals surface area contributed by atoms with Crippen molar-refractivity contribution in [1.29, 1.82) is 0 Å². The Labute approximate surface area is 90.5 Å². The molecule has 16 heavy (non-hydrogen) atoms. The van der Waals surface area contributed by atoms with Crippen molar-refractivity contribution in [3.8, 4) is 0 Å². The summed E-state index contributed by atoms with van der Waals surface area (Å²) in [6, 6.07) is 3.14. The molecule has 1 aliphatic heterocycles. The highest BCUT2D eigenvalue weighted by atomic mass is 19.4. The van der Waals surface area contributed by atoms with Gasteiger partial charge in [-0.3, -0.25) is 0 Å². The van der Waals surface area contributed by atoms with Gasteiger partial charge in [-0.05, 0) is 25.5 Å². The number of alkyl halides is 3. The largest absolute Gasteiger partial charge is 0.419 e. The molecule has 0 saturated carbocycles. The second kappa shape index (κ2) is 4.05. The topological polar surface area (TPSA) is 12.0 Å². The molecule has 0 aromatic heterocycles. The predicted molar refractivity (Wildman–Crippen MR) is 51.4 cm³/mol. The first-order chi connectivity index (χ1) is 7.50. The van der Waals surface area contributed by atoms with E-state index in [1.807, 2.05) is 0 Å². The summed E-state index contributed by atoms with van der Waals surface area (Å²) in [4.78, 5) is 0. The molecule has 5 heteroatoms. The van der Waals surface area contributed by atoms with Crippen LogP contribution >= 0.6 is 0 Å². The molecule has 1 atom stereocenters. The molecule has 0 bridgehead atoms. The monoisotopic (exact) mass is 233 g/mol. The van der Waals surface area contributed by atoms with E-state index in [2.05, 4.69) is 5.32 Å². The number of nitrogens with one attached hydrogen (secondary N) is 1. The van der Waals surface area contributed by atoms with Crippen molar-refractivity contribution in [2.24, 2.45) is 0 Å². The van der Waals surface area contributed by atoms with Crippen LogP contribution < -0.4 is 5.32 Å². The lowest BCUT2D eigenvalue weighted by molar-refractivity contribution is -0.140. The van der Waals surface area contributed by atoms with Crippen LogP contribution in [0.15, 0.2) is 18.2 Å². The summed E-state index contributed by atoms with van der Waals surface area (Å²) in [5, 5.41) is 2.99. The maximum absolute atomic E-state index is 13.7. The highest BCUT2D eigenvalue weighted by molar-refractivity contribution is 5.30. The van der Waals surface area contributed by atoms with Crippen molar-refractivity contribution in [3.05, 3.63) is 35.1 Å². The van der Waals surface area contributed by atoms with Crippen LogP contribution in [-0.2, 0) is 6.18 Å². The van der Waals surface area contributed by atoms with Crippen molar-refractivity contribution in [1.82, 2.24) is 5.32 Å². The molecular formula is C11H11F4N. The second-order valence-corrected chi connectivity index (χ2v) is 3.86. The zero-order valence-corrected chi connectivity index (χ0v) is 8.44. The van der Waals surface area contributed by atoms with Crippen molar-refractivity contribution in [2.75, 3.05) is 6.54 Å². The van der Waals surface area contributed by atoms with E-state index >= 15 is 0 Å². The summed E-state index contributed by atoms with van der Waals surface area (Å²) in [6.07, 6.45) is -3.09. The predicted octanol–water partition coefficient (Wildman–Crippen LogP) is 3.27. The van der Waals surface area contributed by atoms with E-state index in [0.29, 0.717) is 6.42 Å². The van der Waals surface area contributed by atoms with Gasteiger partial charge in [-0.1, -0.05) is 12.1 Å². The Morgan fingerprint density at radius 3 is 2.56 bits per heavy atom. The summed E-state index contributed by atoms with van der Waals surface area (Å²) in [6.45, 7) is 0.723. The molecule has 1 aromatic rings. The Hall–Kier alpha value is -1.10. The van der Waals surface area contributed by atoms with E-state index < -0.39 is 17.6 Å². The molecule has 0 unspecified atom stereocenters. The van der Waals surface area contributed by atoms with Crippen molar-refractivity contribution in [3.63, 3.8) is 0 Å². The SMILES string of the molecule is Fc1c([C@H]2CCCN2)cccc1C(F)(F)F. The Morgan fingerprint density at radius 1 is 1.25 bits per heavy atom. The van der Waals surface area contributed by atoms with Crippen molar-refractivity contribution < 1.29 is 17.6 Å². The molecule has 0 spiro atoms. The van der Waals surface area contributed by atoms with Crippen LogP contribution in [0.2, 0.25) is 0 Å². The molecule has 1 nitrogen and oxygen atoms in total. The fraction of sp³-hybridized carbons (Fsp3) is 0.455. The van der Waals surface area contributed by atoms with Crippen LogP contribution in [0.4, 0.5) is 17.6 Å². The van der Waals surface area contributed by atoms with E-state index in [1.54, 1.807) is 0 Å². The van der Waals surface area contributed by atoms with Crippen LogP contribution in [0.1, 0.15) is 30.0 Å². The maximum Gasteiger partial charge on any atom is 0.419 e. The summed E-state index contributed by atoms with van der Waals surface area (Å²) in [5.74, 6) is -1.14. The first-order valence-electron chi connectivity index (χ1n) is 5.09. The van der Waals surface area contributed by atoms with Gasteiger partial charge in [0.2, 0.25) is 0 Å². The van der Waals surface area contributed by atoms with Gasteiger partial charge in [-0.15, -0.1) is 0 Å². The lowest BCUT2D eigenvalue weighted by atomic mass is 10.0. The van der Waals surface area contributed by atoms with Crippen LogP contribution in [0, 0.1) is 5.82 Å². The average molecular weight is 233 g/mol. The highest BCUT2D eigenvalue weighted by Gasteiger charge is 2.35. The number of hydrogen-bond acceptors (Lipinski definition) is 1. The molecule has 1 aromatic carbocycles. The molecule has 88 valence electrons. The zero-order valence-electron chi connectivity index (χ0n) is 8.44. The minimum absolute atomic E-state index is 0.118. The third-order valence-corrected chi connectivity index (χ3v) is 2.77. The van der Waals surface area contributed by atoms with Crippen LogP contribution in [0.5, 0.6) is 0 Å². The fourth-order valence-electron chi connectivity index (χ4n) is 1.99. The molecule has 0 radical (unpaired) electrons. The molecule has 0 amide bonds. The van der Waals surface area contributed by atoms with Gasteiger partial charge in [0.25, 0.3) is 0 Å². The lowest BCUT2D eigenvalue weighted by Gasteiger charge is -2.15. The summed E-state index contributed by atoms with van der Waals surface area (Å²) in [7, 11) is 0. The molecule has 1 heterocycles. The quantitative estimate of drug-likeness (QED) is 0.734. The number of benzene rings is 1. The van der Waals surface area contributed by atoms with Gasteiger partial charge in [0.05, 0.1) is 5.56 Å². The third-order valence-electron chi connectivity index (χ3n) is 2.77. The Bertz CT molecular complexity index is 380. The third kappa shape index (κ3) is 2.04. The Kier molecular flexibility index (Phi) is 2.88. The molecule has 1 saturated heterocycles. The molecule has 1 fully saturated rings. The van der Waals surface area contributed by atoms with Gasteiger partial charge < -0.3 is 5.32 Å². The van der Waals surface area contributed by atoms with E-state index in [4.69, 9.17) is 0 Å². The molecule has 0 aliphatic carbocycles. The van der Waals surface area contributed by atoms with Gasteiger partial charge in [-0.25, -0.2) is 4.39 Å². The molecular weight excluding hydrogens is 222 g/mol. The highest BCUT2D eigenvalue weighted by Crippen LogP contribution is 2.35. The molecule has 1 N–H and O–H groups in total. The van der Waals surface area contributed by atoms with E-state index in [1.165, 1.54) is 12.1 Å². The van der Waals surface area contributed by atoms with Crippen LogP contribution in [-0.4, -0.2) is 6.54 Å². The second-order valence-electron chi connectivity index (χ2n) is 3.86. The van der Waals surface area contributed by atoms with Crippen molar-refractivity contribution in [2.45, 2.75) is 25.1 Å². The number of hydrogen-bond donors (Lipinski definition) is 1. The van der Waals surface area contributed by atoms with Crippen LogP contribution in [0.3, 0.4) is 0 Å². The maximum atomic E-state index is 13.7. The fourth-order valence-corrected chi connectivity index (χ4v) is 1.99. The van der Waals surface area contributed by atoms with Gasteiger partial charge in [0.1, 0.15) is 5.82 Å². The normalized spacial score (nSPS) is 21.4. The number of halogens is 4. The van der Waals surface area contributed by atoms with Gasteiger partial charge in [0, 0.05) is 11.6 Å². The van der Waals surface area contributed by atoms with Crippen LogP contribution in [0.25, 0.3) is 0 Å². The smallest absolute Gasteiger partial charge is 0.310 e. The van der Waals surface area contributed by atoms with Gasteiger partial charge in [0.15, 0.2) is 0 Å². The standard InChI is InChI=1S/C11H11F4N/c12-10-7(9-5-2-6-16-9)3-1-4-8(10)11(13,14)15/h1,3-4,9,16H,2,5-6H2/t9-/m1/s1. The zero-order chi connectivity index (χ0) is 11.8. The van der Waals surface area contributed by atoms with Gasteiger partial charge in [-0.2, -0.15) is 13.2 Å². The first kappa shape index (κ1) is 11.4. The molecule has 2 rings (SSSR count).